The zero-order valence-electron chi connectivity index (χ0n) is 49.7. The summed E-state index contributed by atoms with van der Waals surface area (Å²) in [5.41, 5.74) is 0. The molecular weight excluding hydrogens is 1040 g/mol. The average molecular weight is 1150 g/mol. The van der Waals surface area contributed by atoms with E-state index in [-0.39, 0.29) is 18.9 Å². The molecule has 14 heteroatoms. The van der Waals surface area contributed by atoms with Gasteiger partial charge in [-0.15, -0.1) is 0 Å². The van der Waals surface area contributed by atoms with E-state index in [1.807, 2.05) is 6.08 Å². The molecule has 0 aromatic carbocycles. The van der Waals surface area contributed by atoms with Gasteiger partial charge < -0.3 is 65.1 Å². The third-order valence-corrected chi connectivity index (χ3v) is 13.7. The van der Waals surface area contributed by atoms with Crippen LogP contribution in [0.15, 0.2) is 158 Å². The monoisotopic (exact) mass is 1150 g/mol. The Bertz CT molecular complexity index is 1980. The fourth-order valence-corrected chi connectivity index (χ4v) is 8.78. The van der Waals surface area contributed by atoms with E-state index in [1.54, 1.807) is 6.08 Å². The molecular formula is C68H107NO13. The van der Waals surface area contributed by atoms with Crippen molar-refractivity contribution >= 4 is 5.91 Å². The molecule has 2 fully saturated rings. The highest BCUT2D eigenvalue weighted by Crippen LogP contribution is 2.30. The Labute approximate surface area is 493 Å². The molecule has 2 aliphatic heterocycles. The second-order valence-corrected chi connectivity index (χ2v) is 20.7. The molecule has 0 aromatic heterocycles. The van der Waals surface area contributed by atoms with Gasteiger partial charge in [-0.05, 0) is 116 Å². The van der Waals surface area contributed by atoms with Gasteiger partial charge in [-0.25, -0.2) is 0 Å². The zero-order valence-corrected chi connectivity index (χ0v) is 49.7. The van der Waals surface area contributed by atoms with Crippen molar-refractivity contribution in [1.82, 2.24) is 5.32 Å². The van der Waals surface area contributed by atoms with Gasteiger partial charge in [0.25, 0.3) is 0 Å². The number of unbranched alkanes of at least 4 members (excludes halogenated alkanes) is 9. The molecule has 0 spiro atoms. The number of carbonyl (C=O) groups is 1. The minimum Gasteiger partial charge on any atom is -0.394 e. The largest absolute Gasteiger partial charge is 0.394 e. The van der Waals surface area contributed by atoms with Crippen LogP contribution in [-0.4, -0.2) is 140 Å². The zero-order chi connectivity index (χ0) is 59.5. The lowest BCUT2D eigenvalue weighted by Crippen LogP contribution is -2.65. The minimum atomic E-state index is -1.80. The highest BCUT2D eigenvalue weighted by molar-refractivity contribution is 5.76. The van der Waals surface area contributed by atoms with E-state index in [1.165, 1.54) is 6.42 Å². The fourth-order valence-electron chi connectivity index (χ4n) is 8.78. The number of nitrogens with one attached hydrogen (secondary N) is 1. The number of hydrogen-bond acceptors (Lipinski definition) is 13. The molecule has 2 aliphatic rings. The summed E-state index contributed by atoms with van der Waals surface area (Å²) in [6, 6.07) is -0.952. The fraction of sp³-hybridized carbons (Fsp3) is 0.603. The van der Waals surface area contributed by atoms with E-state index in [0.29, 0.717) is 12.8 Å². The first-order chi connectivity index (χ1) is 40.1. The predicted octanol–water partition coefficient (Wildman–Crippen LogP) is 11.1. The third kappa shape index (κ3) is 35.7. The molecule has 9 N–H and O–H groups in total. The normalized spacial score (nSPS) is 25.1. The van der Waals surface area contributed by atoms with Gasteiger partial charge >= 0.3 is 0 Å². The van der Waals surface area contributed by atoms with Crippen LogP contribution in [-0.2, 0) is 23.7 Å². The summed E-state index contributed by atoms with van der Waals surface area (Å²) in [5.74, 6) is -0.280. The first-order valence-corrected chi connectivity index (χ1v) is 30.7. The second-order valence-electron chi connectivity index (χ2n) is 20.7. The second kappa shape index (κ2) is 51.1. The van der Waals surface area contributed by atoms with Crippen LogP contribution in [0.4, 0.5) is 0 Å². The molecule has 2 saturated heterocycles. The van der Waals surface area contributed by atoms with Crippen molar-refractivity contribution in [3.63, 3.8) is 0 Å². The SMILES string of the molecule is CC/C=C\C/C=C\C/C=C\C/C=C\C/C=C\C/C=C\C/C=C\C/C=C\C/C=C\C/C=C\C/C=C\CCCCCCCC(=O)NC(COC1OC(CO)C(OC2OC(CO)C(O)C(O)C2O)C(O)C1O)C(O)/C=C/CC/C=C/CCCCC. The molecule has 14 nitrogen and oxygen atoms in total. The number of ether oxygens (including phenoxy) is 4. The van der Waals surface area contributed by atoms with E-state index in [4.69, 9.17) is 18.9 Å². The molecule has 0 saturated carbocycles. The molecule has 12 atom stereocenters. The Morgan fingerprint density at radius 2 is 0.854 bits per heavy atom. The Balaban J connectivity index is 1.63. The quantitative estimate of drug-likeness (QED) is 0.0204. The Morgan fingerprint density at radius 3 is 1.34 bits per heavy atom. The molecule has 0 aliphatic carbocycles. The molecule has 462 valence electrons. The number of amides is 1. The van der Waals surface area contributed by atoms with E-state index >= 15 is 0 Å². The van der Waals surface area contributed by atoms with Crippen LogP contribution in [0, 0.1) is 0 Å². The highest BCUT2D eigenvalue weighted by atomic mass is 16.7. The molecule has 0 bridgehead atoms. The third-order valence-electron chi connectivity index (χ3n) is 13.7. The van der Waals surface area contributed by atoms with Crippen LogP contribution in [0.1, 0.15) is 168 Å². The summed E-state index contributed by atoms with van der Waals surface area (Å²) in [4.78, 5) is 13.2. The molecule has 82 heavy (non-hydrogen) atoms. The van der Waals surface area contributed by atoms with Gasteiger partial charge in [0.15, 0.2) is 12.6 Å². The number of carbonyl (C=O) groups excluding carboxylic acids is 1. The maximum absolute atomic E-state index is 13.2. The Hall–Kier alpha value is -4.39. The summed E-state index contributed by atoms with van der Waals surface area (Å²) in [5, 5.41) is 86.7. The molecule has 2 heterocycles. The first-order valence-electron chi connectivity index (χ1n) is 30.7. The topological polar surface area (TPSA) is 228 Å². The summed E-state index contributed by atoms with van der Waals surface area (Å²) >= 11 is 0. The van der Waals surface area contributed by atoms with Crippen molar-refractivity contribution in [3.8, 4) is 0 Å². The van der Waals surface area contributed by atoms with Crippen LogP contribution in [0.25, 0.3) is 0 Å². The average Bonchev–Trinajstić information content (AvgIpc) is 3.38. The van der Waals surface area contributed by atoms with Gasteiger partial charge in [-0.1, -0.05) is 204 Å². The Kier molecular flexibility index (Phi) is 45.9. The standard InChI is InChI=1S/C68H107NO13/c1-3-5-7-9-11-13-14-15-16-17-18-19-20-21-22-23-24-25-26-27-28-29-30-31-32-33-34-35-36-37-38-39-40-41-42-44-46-48-50-52-60(73)69-56(57(72)51-49-47-45-43-12-10-8-6-4-2)55-79-67-65(78)63(76)66(59(54-71)81-67)82-68-64(77)62(75)61(74)58(53-70)80-68/h5,7,11-13,15-16,18-19,21-22,24-25,27-28,30-31,33-34,36-37,39-40,43,49,51,56-59,61-68,70-72,74-78H,3-4,6,8-10,14,17,20,23,26,29,32,35,38,41-42,44-48,50,52-55H2,1-2H3,(H,69,73)/b7-5-,13-11-,16-15-,19-18-,22-21-,25-24-,28-27-,31-30-,34-33-,37-36-,40-39-,43-12+,51-49+. The summed E-state index contributed by atoms with van der Waals surface area (Å²) in [7, 11) is 0. The van der Waals surface area contributed by atoms with Crippen molar-refractivity contribution in [3.05, 3.63) is 158 Å². The van der Waals surface area contributed by atoms with Gasteiger partial charge in [-0.3, -0.25) is 4.79 Å². The number of allylic oxidation sites excluding steroid dienone is 25. The van der Waals surface area contributed by atoms with Crippen LogP contribution in [0.5, 0.6) is 0 Å². The van der Waals surface area contributed by atoms with Crippen molar-refractivity contribution in [2.45, 2.75) is 242 Å². The van der Waals surface area contributed by atoms with Crippen molar-refractivity contribution in [1.29, 1.82) is 0 Å². The Morgan fingerprint density at radius 1 is 0.451 bits per heavy atom. The van der Waals surface area contributed by atoms with Crippen LogP contribution < -0.4 is 5.32 Å². The number of rotatable bonds is 46. The maximum Gasteiger partial charge on any atom is 0.220 e. The van der Waals surface area contributed by atoms with Gasteiger partial charge in [0.05, 0.1) is 32.0 Å². The molecule has 2 rings (SSSR count). The van der Waals surface area contributed by atoms with Gasteiger partial charge in [0.1, 0.15) is 48.8 Å². The number of hydrogen-bond donors (Lipinski definition) is 9. The van der Waals surface area contributed by atoms with Crippen molar-refractivity contribution in [2.24, 2.45) is 0 Å². The first kappa shape index (κ1) is 73.7. The van der Waals surface area contributed by atoms with E-state index in [2.05, 4.69) is 165 Å². The van der Waals surface area contributed by atoms with Crippen molar-refractivity contribution < 1.29 is 64.6 Å². The van der Waals surface area contributed by atoms with Crippen LogP contribution in [0.2, 0.25) is 0 Å². The summed E-state index contributed by atoms with van der Waals surface area (Å²) in [6.07, 6.45) is 61.8. The molecule has 0 aromatic rings. The van der Waals surface area contributed by atoms with Crippen LogP contribution in [0.3, 0.4) is 0 Å². The van der Waals surface area contributed by atoms with E-state index in [0.717, 1.165) is 128 Å². The summed E-state index contributed by atoms with van der Waals surface area (Å²) in [6.45, 7) is 2.55. The van der Waals surface area contributed by atoms with E-state index < -0.39 is 86.8 Å². The van der Waals surface area contributed by atoms with Gasteiger partial charge in [0, 0.05) is 6.42 Å². The molecule has 1 amide bonds. The van der Waals surface area contributed by atoms with E-state index in [9.17, 15) is 45.6 Å². The predicted molar refractivity (Wildman–Crippen MR) is 331 cm³/mol. The summed E-state index contributed by atoms with van der Waals surface area (Å²) < 4.78 is 22.7. The van der Waals surface area contributed by atoms with Crippen molar-refractivity contribution in [2.75, 3.05) is 19.8 Å². The van der Waals surface area contributed by atoms with Gasteiger partial charge in [-0.2, -0.15) is 0 Å². The lowest BCUT2D eigenvalue weighted by Gasteiger charge is -2.46. The lowest BCUT2D eigenvalue weighted by atomic mass is 9.97. The maximum atomic E-state index is 13.2. The smallest absolute Gasteiger partial charge is 0.220 e. The number of aliphatic hydroxyl groups excluding tert-OH is 8. The number of aliphatic hydroxyl groups is 8. The van der Waals surface area contributed by atoms with Crippen LogP contribution >= 0.6 is 0 Å². The highest BCUT2D eigenvalue weighted by Gasteiger charge is 2.51. The minimum absolute atomic E-state index is 0.239. The van der Waals surface area contributed by atoms with Gasteiger partial charge in [0.2, 0.25) is 5.91 Å². The molecule has 0 radical (unpaired) electrons. The lowest BCUT2D eigenvalue weighted by molar-refractivity contribution is -0.359. The molecule has 12 unspecified atom stereocenters.